The second-order valence-electron chi connectivity index (χ2n) is 9.28. The van der Waals surface area contributed by atoms with Crippen molar-refractivity contribution >= 4 is 5.91 Å². The molecule has 1 aliphatic rings. The zero-order chi connectivity index (χ0) is 23.5. The number of hydrogen-bond donors (Lipinski definition) is 0. The number of hydrogen-bond acceptors (Lipinski definition) is 2. The van der Waals surface area contributed by atoms with Crippen LogP contribution in [0.1, 0.15) is 41.4 Å². The lowest BCUT2D eigenvalue weighted by molar-refractivity contribution is 0.0668. The first-order valence-corrected chi connectivity index (χ1v) is 11.5. The summed E-state index contributed by atoms with van der Waals surface area (Å²) in [6, 6.07) is 16.6. The van der Waals surface area contributed by atoms with E-state index in [9.17, 15) is 13.6 Å². The van der Waals surface area contributed by atoms with E-state index in [1.54, 1.807) is 12.1 Å². The van der Waals surface area contributed by atoms with Gasteiger partial charge in [0.2, 0.25) is 0 Å². The van der Waals surface area contributed by atoms with E-state index in [0.29, 0.717) is 12.1 Å². The monoisotopic (exact) mass is 451 g/mol. The van der Waals surface area contributed by atoms with Crippen LogP contribution in [0.2, 0.25) is 0 Å². The average Bonchev–Trinajstić information content (AvgIpc) is 3.38. The fraction of sp³-hybridized carbons (Fsp3) is 0.370. The highest BCUT2D eigenvalue weighted by atomic mass is 19.1. The third-order valence-electron chi connectivity index (χ3n) is 6.66. The Bertz CT molecular complexity index is 1080. The lowest BCUT2D eigenvalue weighted by atomic mass is 9.88. The third-order valence-corrected chi connectivity index (χ3v) is 6.66. The molecule has 33 heavy (non-hydrogen) atoms. The second-order valence-corrected chi connectivity index (χ2v) is 9.28. The molecule has 1 aliphatic heterocycles. The molecular weight excluding hydrogens is 420 g/mol. The highest BCUT2D eigenvalue weighted by Crippen LogP contribution is 2.35. The Morgan fingerprint density at radius 1 is 1.00 bits per heavy atom. The molecule has 1 aromatic heterocycles. The normalized spacial score (nSPS) is 18.7. The average molecular weight is 452 g/mol. The minimum absolute atomic E-state index is 0.00153. The number of benzene rings is 2. The van der Waals surface area contributed by atoms with Crippen LogP contribution in [-0.2, 0) is 13.6 Å². The van der Waals surface area contributed by atoms with Crippen molar-refractivity contribution in [2.24, 2.45) is 13.0 Å². The first kappa shape index (κ1) is 23.2. The summed E-state index contributed by atoms with van der Waals surface area (Å²) in [5, 5.41) is 0. The Hall–Kier alpha value is -2.99. The van der Waals surface area contributed by atoms with Crippen LogP contribution in [0, 0.1) is 17.6 Å². The molecule has 2 atom stereocenters. The van der Waals surface area contributed by atoms with Gasteiger partial charge in [0.05, 0.1) is 0 Å². The van der Waals surface area contributed by atoms with Crippen LogP contribution >= 0.6 is 0 Å². The molecule has 2 aromatic carbocycles. The molecular formula is C27H31F2N3O. The van der Waals surface area contributed by atoms with Crippen LogP contribution < -0.4 is 0 Å². The lowest BCUT2D eigenvalue weighted by Gasteiger charge is -2.32. The number of carbonyl (C=O) groups excluding carboxylic acids is 1. The summed E-state index contributed by atoms with van der Waals surface area (Å²) in [6.07, 6.45) is 2.04. The minimum Gasteiger partial charge on any atom is -0.353 e. The molecule has 1 saturated heterocycles. The van der Waals surface area contributed by atoms with Gasteiger partial charge in [-0.05, 0) is 73.9 Å². The van der Waals surface area contributed by atoms with Gasteiger partial charge in [0, 0.05) is 62.6 Å². The van der Waals surface area contributed by atoms with Gasteiger partial charge in [-0.25, -0.2) is 8.78 Å². The zero-order valence-corrected chi connectivity index (χ0v) is 19.4. The van der Waals surface area contributed by atoms with Crippen molar-refractivity contribution in [1.29, 1.82) is 0 Å². The number of carbonyl (C=O) groups is 1. The van der Waals surface area contributed by atoms with E-state index in [1.165, 1.54) is 30.0 Å². The van der Waals surface area contributed by atoms with E-state index in [2.05, 4.69) is 15.5 Å². The van der Waals surface area contributed by atoms with E-state index in [-0.39, 0.29) is 35.4 Å². The van der Waals surface area contributed by atoms with Gasteiger partial charge in [0.25, 0.3) is 5.91 Å². The Labute approximate surface area is 194 Å². The van der Waals surface area contributed by atoms with Gasteiger partial charge in [-0.2, -0.15) is 0 Å². The van der Waals surface area contributed by atoms with Crippen LogP contribution in [0.15, 0.2) is 66.9 Å². The molecule has 0 aliphatic carbocycles. The maximum Gasteiger partial charge on any atom is 0.254 e. The van der Waals surface area contributed by atoms with E-state index in [4.69, 9.17) is 0 Å². The van der Waals surface area contributed by atoms with Crippen molar-refractivity contribution in [1.82, 2.24) is 14.4 Å². The van der Waals surface area contributed by atoms with Gasteiger partial charge in [-0.15, -0.1) is 0 Å². The molecule has 2 heterocycles. The first-order valence-electron chi connectivity index (χ1n) is 11.5. The van der Waals surface area contributed by atoms with Gasteiger partial charge in [-0.1, -0.05) is 12.1 Å². The smallest absolute Gasteiger partial charge is 0.254 e. The molecule has 3 aromatic rings. The van der Waals surface area contributed by atoms with Crippen molar-refractivity contribution in [2.45, 2.75) is 32.4 Å². The molecule has 0 unspecified atom stereocenters. The van der Waals surface area contributed by atoms with Crippen LogP contribution in [0.4, 0.5) is 8.78 Å². The summed E-state index contributed by atoms with van der Waals surface area (Å²) >= 11 is 0. The van der Waals surface area contributed by atoms with Crippen molar-refractivity contribution in [3.05, 3.63) is 95.3 Å². The lowest BCUT2D eigenvalue weighted by Crippen LogP contribution is -2.42. The molecule has 4 rings (SSSR count). The molecule has 174 valence electrons. The number of rotatable bonds is 7. The molecule has 0 saturated carbocycles. The van der Waals surface area contributed by atoms with Gasteiger partial charge in [0.15, 0.2) is 0 Å². The molecule has 0 spiro atoms. The molecule has 1 amide bonds. The SMILES string of the molecule is CC(C)N(C[C@@H]1CN(Cc2cccn2C)C[C@@H]1c1ccc(F)cc1)C(=O)c1ccc(F)cc1. The fourth-order valence-corrected chi connectivity index (χ4v) is 4.79. The number of amides is 1. The molecule has 6 heteroatoms. The number of halogens is 2. The number of likely N-dealkylation sites (tertiary alicyclic amines) is 1. The minimum atomic E-state index is -0.355. The fourth-order valence-electron chi connectivity index (χ4n) is 4.79. The van der Waals surface area contributed by atoms with E-state index in [1.807, 2.05) is 50.2 Å². The third kappa shape index (κ3) is 5.33. The van der Waals surface area contributed by atoms with Crippen LogP contribution in [0.3, 0.4) is 0 Å². The van der Waals surface area contributed by atoms with E-state index in [0.717, 1.165) is 25.2 Å². The summed E-state index contributed by atoms with van der Waals surface area (Å²) < 4.78 is 29.1. The molecule has 0 N–H and O–H groups in total. The predicted octanol–water partition coefficient (Wildman–Crippen LogP) is 5.07. The highest BCUT2D eigenvalue weighted by molar-refractivity contribution is 5.94. The van der Waals surface area contributed by atoms with E-state index >= 15 is 0 Å². The second kappa shape index (κ2) is 9.87. The molecule has 1 fully saturated rings. The van der Waals surface area contributed by atoms with Crippen molar-refractivity contribution in [3.8, 4) is 0 Å². The summed E-state index contributed by atoms with van der Waals surface area (Å²) in [7, 11) is 2.04. The predicted molar refractivity (Wildman–Crippen MR) is 126 cm³/mol. The van der Waals surface area contributed by atoms with Gasteiger partial charge in [0.1, 0.15) is 11.6 Å². The molecule has 0 bridgehead atoms. The Morgan fingerprint density at radius 2 is 1.64 bits per heavy atom. The van der Waals surface area contributed by atoms with E-state index < -0.39 is 0 Å². The van der Waals surface area contributed by atoms with Crippen LogP contribution in [-0.4, -0.2) is 46.0 Å². The largest absolute Gasteiger partial charge is 0.353 e. The zero-order valence-electron chi connectivity index (χ0n) is 19.4. The number of aromatic nitrogens is 1. The van der Waals surface area contributed by atoms with Gasteiger partial charge < -0.3 is 9.47 Å². The topological polar surface area (TPSA) is 28.5 Å². The van der Waals surface area contributed by atoms with Crippen molar-refractivity contribution in [2.75, 3.05) is 19.6 Å². The Morgan fingerprint density at radius 3 is 2.21 bits per heavy atom. The summed E-state index contributed by atoms with van der Waals surface area (Å²) in [5.41, 5.74) is 2.81. The Balaban J connectivity index is 1.57. The van der Waals surface area contributed by atoms with Crippen molar-refractivity contribution in [3.63, 3.8) is 0 Å². The van der Waals surface area contributed by atoms with Gasteiger partial charge >= 0.3 is 0 Å². The van der Waals surface area contributed by atoms with Crippen molar-refractivity contribution < 1.29 is 13.6 Å². The maximum absolute atomic E-state index is 13.6. The maximum atomic E-state index is 13.6. The number of nitrogens with zero attached hydrogens (tertiary/aromatic N) is 3. The van der Waals surface area contributed by atoms with Crippen LogP contribution in [0.25, 0.3) is 0 Å². The van der Waals surface area contributed by atoms with Crippen LogP contribution in [0.5, 0.6) is 0 Å². The quantitative estimate of drug-likeness (QED) is 0.502. The summed E-state index contributed by atoms with van der Waals surface area (Å²) in [6.45, 7) is 7.10. The summed E-state index contributed by atoms with van der Waals surface area (Å²) in [5.74, 6) is -0.310. The first-order chi connectivity index (χ1) is 15.8. The van der Waals surface area contributed by atoms with Gasteiger partial charge in [-0.3, -0.25) is 9.69 Å². The molecule has 4 nitrogen and oxygen atoms in total. The Kier molecular flexibility index (Phi) is 6.94. The standard InChI is InChI=1S/C27H31F2N3O/c1-19(2)32(27(33)21-8-12-24(29)13-9-21)16-22-15-31(17-25-5-4-14-30(25)3)18-26(22)20-6-10-23(28)11-7-20/h4-14,19,22,26H,15-18H2,1-3H3/t22-,26+/m0/s1. The summed E-state index contributed by atoms with van der Waals surface area (Å²) in [4.78, 5) is 17.6. The molecule has 0 radical (unpaired) electrons. The number of aryl methyl sites for hydroxylation is 1. The highest BCUT2D eigenvalue weighted by Gasteiger charge is 2.36.